The van der Waals surface area contributed by atoms with E-state index in [1.807, 2.05) is 0 Å². The van der Waals surface area contributed by atoms with Crippen LogP contribution in [0.4, 0.5) is 0 Å². The van der Waals surface area contributed by atoms with Gasteiger partial charge in [0, 0.05) is 6.04 Å². The van der Waals surface area contributed by atoms with Crippen LogP contribution in [0.3, 0.4) is 0 Å². The summed E-state index contributed by atoms with van der Waals surface area (Å²) in [6.07, 6.45) is 5.40. The third-order valence-corrected chi connectivity index (χ3v) is 3.57. The summed E-state index contributed by atoms with van der Waals surface area (Å²) >= 11 is 0. The summed E-state index contributed by atoms with van der Waals surface area (Å²) in [6, 6.07) is 0.789. The zero-order chi connectivity index (χ0) is 10.6. The van der Waals surface area contributed by atoms with Gasteiger partial charge in [-0.1, -0.05) is 20.3 Å². The van der Waals surface area contributed by atoms with Gasteiger partial charge in [-0.2, -0.15) is 0 Å². The minimum absolute atomic E-state index is 0.317. The number of rotatable bonds is 4. The lowest BCUT2D eigenvalue weighted by Gasteiger charge is -2.35. The molecule has 0 aliphatic carbocycles. The van der Waals surface area contributed by atoms with Crippen LogP contribution in [0.1, 0.15) is 46.5 Å². The second-order valence-electron chi connectivity index (χ2n) is 5.50. The highest BCUT2D eigenvalue weighted by molar-refractivity contribution is 4.77. The number of nitrogens with two attached hydrogens (primary N) is 1. The molecule has 1 saturated heterocycles. The largest absolute Gasteiger partial charge is 0.330 e. The van der Waals surface area contributed by atoms with Crippen molar-refractivity contribution in [3.05, 3.63) is 0 Å². The summed E-state index contributed by atoms with van der Waals surface area (Å²) < 4.78 is 0. The Hall–Kier alpha value is -0.0800. The van der Waals surface area contributed by atoms with Crippen molar-refractivity contribution in [1.82, 2.24) is 4.90 Å². The summed E-state index contributed by atoms with van der Waals surface area (Å²) in [5, 5.41) is 0. The Kier molecular flexibility index (Phi) is 4.39. The Bertz CT molecular complexity index is 166. The molecule has 0 amide bonds. The van der Waals surface area contributed by atoms with Crippen molar-refractivity contribution in [3.63, 3.8) is 0 Å². The van der Waals surface area contributed by atoms with Crippen molar-refractivity contribution in [2.24, 2.45) is 11.1 Å². The van der Waals surface area contributed by atoms with Gasteiger partial charge in [-0.05, 0) is 51.2 Å². The van der Waals surface area contributed by atoms with Crippen LogP contribution in [0.15, 0.2) is 0 Å². The van der Waals surface area contributed by atoms with Crippen LogP contribution >= 0.6 is 0 Å². The molecular weight excluding hydrogens is 172 g/mol. The molecule has 1 atom stereocenters. The molecular formula is C12H26N2. The first-order valence-corrected chi connectivity index (χ1v) is 5.99. The van der Waals surface area contributed by atoms with Gasteiger partial charge in [-0.25, -0.2) is 0 Å². The second kappa shape index (κ2) is 5.13. The van der Waals surface area contributed by atoms with Gasteiger partial charge in [0.25, 0.3) is 0 Å². The highest BCUT2D eigenvalue weighted by Crippen LogP contribution is 2.22. The van der Waals surface area contributed by atoms with E-state index in [0.29, 0.717) is 5.41 Å². The highest BCUT2D eigenvalue weighted by atomic mass is 15.2. The van der Waals surface area contributed by atoms with Crippen molar-refractivity contribution in [2.75, 3.05) is 19.6 Å². The molecule has 1 aliphatic heterocycles. The third-order valence-electron chi connectivity index (χ3n) is 3.57. The van der Waals surface area contributed by atoms with Gasteiger partial charge in [-0.3, -0.25) is 0 Å². The van der Waals surface area contributed by atoms with Crippen LogP contribution in [0.2, 0.25) is 0 Å². The molecule has 2 heteroatoms. The molecule has 1 fully saturated rings. The number of piperidine rings is 1. The summed E-state index contributed by atoms with van der Waals surface area (Å²) in [7, 11) is 0. The molecule has 0 aromatic heterocycles. The molecule has 2 nitrogen and oxygen atoms in total. The summed E-state index contributed by atoms with van der Waals surface area (Å²) in [5.41, 5.74) is 6.05. The number of nitrogens with zero attached hydrogens (tertiary/aromatic N) is 1. The maximum atomic E-state index is 5.74. The van der Waals surface area contributed by atoms with Crippen molar-refractivity contribution in [2.45, 2.75) is 52.5 Å². The first kappa shape index (κ1) is 12.0. The Labute approximate surface area is 88.8 Å². The molecule has 1 unspecified atom stereocenters. The van der Waals surface area contributed by atoms with Crippen molar-refractivity contribution >= 4 is 0 Å². The first-order chi connectivity index (χ1) is 6.55. The molecule has 2 N–H and O–H groups in total. The highest BCUT2D eigenvalue weighted by Gasteiger charge is 2.21. The van der Waals surface area contributed by atoms with Gasteiger partial charge in [0.05, 0.1) is 0 Å². The number of hydrogen-bond acceptors (Lipinski definition) is 2. The fraction of sp³-hybridized carbons (Fsp3) is 1.00. The van der Waals surface area contributed by atoms with Gasteiger partial charge < -0.3 is 10.6 Å². The van der Waals surface area contributed by atoms with Crippen molar-refractivity contribution < 1.29 is 0 Å². The van der Waals surface area contributed by atoms with E-state index in [1.165, 1.54) is 38.8 Å². The van der Waals surface area contributed by atoms with E-state index in [4.69, 9.17) is 5.73 Å². The van der Waals surface area contributed by atoms with E-state index in [2.05, 4.69) is 25.7 Å². The van der Waals surface area contributed by atoms with Gasteiger partial charge in [0.2, 0.25) is 0 Å². The fourth-order valence-corrected chi connectivity index (χ4v) is 2.04. The van der Waals surface area contributed by atoms with Crippen LogP contribution in [0.5, 0.6) is 0 Å². The van der Waals surface area contributed by atoms with Gasteiger partial charge in [0.1, 0.15) is 0 Å². The van der Waals surface area contributed by atoms with Crippen molar-refractivity contribution in [1.29, 1.82) is 0 Å². The van der Waals surface area contributed by atoms with E-state index < -0.39 is 0 Å². The predicted molar refractivity (Wildman–Crippen MR) is 62.3 cm³/mol. The maximum absolute atomic E-state index is 5.74. The van der Waals surface area contributed by atoms with Crippen LogP contribution < -0.4 is 5.73 Å². The van der Waals surface area contributed by atoms with Crippen LogP contribution in [0.25, 0.3) is 0 Å². The Morgan fingerprint density at radius 1 is 1.36 bits per heavy atom. The second-order valence-corrected chi connectivity index (χ2v) is 5.50. The summed E-state index contributed by atoms with van der Waals surface area (Å²) in [5.74, 6) is 0. The molecule has 1 rings (SSSR count). The number of hydrogen-bond donors (Lipinski definition) is 1. The van der Waals surface area contributed by atoms with Gasteiger partial charge in [0.15, 0.2) is 0 Å². The normalized spacial score (nSPS) is 25.3. The lowest BCUT2D eigenvalue weighted by molar-refractivity contribution is 0.138. The Morgan fingerprint density at radius 2 is 2.07 bits per heavy atom. The van der Waals surface area contributed by atoms with Crippen LogP contribution in [-0.4, -0.2) is 30.6 Å². The van der Waals surface area contributed by atoms with E-state index in [9.17, 15) is 0 Å². The lowest BCUT2D eigenvalue weighted by atomic mass is 9.89. The quantitative estimate of drug-likeness (QED) is 0.750. The molecule has 1 heterocycles. The average Bonchev–Trinajstić information content (AvgIpc) is 2.17. The average molecular weight is 198 g/mol. The fourth-order valence-electron chi connectivity index (χ4n) is 2.04. The third kappa shape index (κ3) is 3.58. The van der Waals surface area contributed by atoms with E-state index >= 15 is 0 Å². The lowest BCUT2D eigenvalue weighted by Crippen LogP contribution is -2.40. The minimum Gasteiger partial charge on any atom is -0.330 e. The Morgan fingerprint density at radius 3 is 2.64 bits per heavy atom. The molecule has 0 radical (unpaired) electrons. The molecule has 84 valence electrons. The molecule has 0 spiro atoms. The zero-order valence-electron chi connectivity index (χ0n) is 10.1. The standard InChI is InChI=1S/C12H26N2/c1-11-6-4-5-8-14(11)9-7-12(2,3)10-13/h11H,4-10,13H2,1-3H3. The van der Waals surface area contributed by atoms with E-state index in [0.717, 1.165) is 12.6 Å². The topological polar surface area (TPSA) is 29.3 Å². The first-order valence-electron chi connectivity index (χ1n) is 5.99. The SMILES string of the molecule is CC1CCCCN1CCC(C)(C)CN. The molecule has 14 heavy (non-hydrogen) atoms. The van der Waals surface area contributed by atoms with E-state index in [1.54, 1.807) is 0 Å². The smallest absolute Gasteiger partial charge is 0.00669 e. The van der Waals surface area contributed by atoms with Crippen molar-refractivity contribution in [3.8, 4) is 0 Å². The van der Waals surface area contributed by atoms with Gasteiger partial charge >= 0.3 is 0 Å². The molecule has 0 aromatic carbocycles. The molecule has 0 saturated carbocycles. The minimum atomic E-state index is 0.317. The monoisotopic (exact) mass is 198 g/mol. The summed E-state index contributed by atoms with van der Waals surface area (Å²) in [6.45, 7) is 10.2. The maximum Gasteiger partial charge on any atom is 0.00669 e. The molecule has 0 bridgehead atoms. The van der Waals surface area contributed by atoms with Gasteiger partial charge in [-0.15, -0.1) is 0 Å². The van der Waals surface area contributed by atoms with Crippen LogP contribution in [-0.2, 0) is 0 Å². The predicted octanol–water partition coefficient (Wildman–Crippen LogP) is 2.24. The molecule has 0 aromatic rings. The van der Waals surface area contributed by atoms with E-state index in [-0.39, 0.29) is 0 Å². The Balaban J connectivity index is 2.29. The molecule has 1 aliphatic rings. The van der Waals surface area contributed by atoms with Crippen LogP contribution in [0, 0.1) is 5.41 Å². The number of likely N-dealkylation sites (tertiary alicyclic amines) is 1. The summed E-state index contributed by atoms with van der Waals surface area (Å²) in [4.78, 5) is 2.63. The zero-order valence-corrected chi connectivity index (χ0v) is 10.1.